The molecular weight excluding hydrogens is 487 g/mol. The van der Waals surface area contributed by atoms with Crippen LogP contribution in [0, 0.1) is 5.41 Å². The van der Waals surface area contributed by atoms with Gasteiger partial charge in [-0.1, -0.05) is 27.7 Å². The van der Waals surface area contributed by atoms with Gasteiger partial charge in [0.15, 0.2) is 0 Å². The molecular formula is C21H43N2O7PS2. The van der Waals surface area contributed by atoms with E-state index < -0.39 is 30.8 Å². The van der Waals surface area contributed by atoms with Crippen molar-refractivity contribution in [3.63, 3.8) is 0 Å². The van der Waals surface area contributed by atoms with Crippen molar-refractivity contribution < 1.29 is 33.2 Å². The predicted octanol–water partition coefficient (Wildman–Crippen LogP) is 3.19. The third kappa shape index (κ3) is 16.1. The zero-order valence-corrected chi connectivity index (χ0v) is 23.8. The van der Waals surface area contributed by atoms with Crippen LogP contribution in [-0.2, 0) is 23.2 Å². The average molecular weight is 531 g/mol. The van der Waals surface area contributed by atoms with Crippen LogP contribution in [0.25, 0.3) is 0 Å². The number of hydrogen-bond acceptors (Lipinski definition) is 8. The Balaban J connectivity index is 4.21. The average Bonchev–Trinajstić information content (AvgIpc) is 2.66. The van der Waals surface area contributed by atoms with Gasteiger partial charge in [0.1, 0.15) is 6.10 Å². The van der Waals surface area contributed by atoms with Gasteiger partial charge in [-0.15, -0.1) is 0 Å². The highest BCUT2D eigenvalue weighted by molar-refractivity contribution is 8.00. The lowest BCUT2D eigenvalue weighted by molar-refractivity contribution is -0.137. The summed E-state index contributed by atoms with van der Waals surface area (Å²) < 4.78 is 22.2. The minimum Gasteiger partial charge on any atom is -0.383 e. The maximum absolute atomic E-state index is 12.2. The fourth-order valence-electron chi connectivity index (χ4n) is 2.32. The molecule has 33 heavy (non-hydrogen) atoms. The van der Waals surface area contributed by atoms with Gasteiger partial charge in [-0.05, 0) is 39.2 Å². The second-order valence-electron chi connectivity index (χ2n) is 10.1. The number of nitrogens with one attached hydrogen (secondary N) is 2. The summed E-state index contributed by atoms with van der Waals surface area (Å²) in [7, 11) is -4.34. The zero-order valence-electron chi connectivity index (χ0n) is 21.2. The first-order chi connectivity index (χ1) is 14.9. The Morgan fingerprint density at radius 3 is 2.18 bits per heavy atom. The quantitative estimate of drug-likeness (QED) is 0.175. The van der Waals surface area contributed by atoms with Gasteiger partial charge in [0.05, 0.1) is 12.2 Å². The van der Waals surface area contributed by atoms with Gasteiger partial charge < -0.3 is 20.6 Å². The normalized spacial score (nSPS) is 15.6. The van der Waals surface area contributed by atoms with Crippen molar-refractivity contribution in [1.82, 2.24) is 10.6 Å². The molecule has 2 unspecified atom stereocenters. The lowest BCUT2D eigenvalue weighted by Crippen LogP contribution is -2.46. The Morgan fingerprint density at radius 2 is 1.64 bits per heavy atom. The van der Waals surface area contributed by atoms with Crippen LogP contribution in [0.2, 0.25) is 0 Å². The van der Waals surface area contributed by atoms with E-state index in [1.54, 1.807) is 32.5 Å². The first kappa shape index (κ1) is 32.7. The van der Waals surface area contributed by atoms with Gasteiger partial charge in [-0.25, -0.2) is 4.57 Å². The number of aliphatic hydroxyl groups is 1. The predicted molar refractivity (Wildman–Crippen MR) is 137 cm³/mol. The molecule has 0 radical (unpaired) electrons. The summed E-state index contributed by atoms with van der Waals surface area (Å²) in [4.78, 5) is 34.0. The van der Waals surface area contributed by atoms with Crippen molar-refractivity contribution >= 4 is 43.2 Å². The van der Waals surface area contributed by atoms with E-state index in [2.05, 4.69) is 30.7 Å². The summed E-state index contributed by atoms with van der Waals surface area (Å²) in [5, 5.41) is 15.7. The molecule has 0 saturated carbocycles. The van der Waals surface area contributed by atoms with E-state index in [0.717, 1.165) is 17.9 Å². The molecule has 12 heteroatoms. The number of aliphatic hydroxyl groups excluding tert-OH is 1. The van der Waals surface area contributed by atoms with E-state index in [0.29, 0.717) is 6.54 Å². The van der Waals surface area contributed by atoms with Crippen LogP contribution >= 0.6 is 31.3 Å². The number of rotatable bonds is 16. The van der Waals surface area contributed by atoms with E-state index in [9.17, 15) is 24.2 Å². The molecule has 0 saturated heterocycles. The van der Waals surface area contributed by atoms with Crippen LogP contribution in [0.15, 0.2) is 0 Å². The lowest BCUT2D eigenvalue weighted by atomic mass is 9.87. The molecule has 4 N–H and O–H groups in total. The van der Waals surface area contributed by atoms with E-state index in [1.807, 2.05) is 11.8 Å². The van der Waals surface area contributed by atoms with Crippen LogP contribution in [0.5, 0.6) is 0 Å². The molecule has 0 fully saturated rings. The number of amides is 2. The molecule has 0 rings (SSSR count). The minimum atomic E-state index is -4.34. The van der Waals surface area contributed by atoms with Crippen LogP contribution in [-0.4, -0.2) is 75.7 Å². The Bertz CT molecular complexity index is 669. The van der Waals surface area contributed by atoms with Gasteiger partial charge in [-0.3, -0.25) is 18.6 Å². The highest BCUT2D eigenvalue weighted by Crippen LogP contribution is 2.48. The Labute approximate surface area is 207 Å². The van der Waals surface area contributed by atoms with Crippen LogP contribution in [0.4, 0.5) is 0 Å². The molecule has 196 valence electrons. The van der Waals surface area contributed by atoms with Crippen molar-refractivity contribution in [3.05, 3.63) is 0 Å². The van der Waals surface area contributed by atoms with E-state index in [-0.39, 0.29) is 30.2 Å². The fraction of sp³-hybridized carbons (Fsp3) is 0.905. The topological polar surface area (TPSA) is 134 Å². The fourth-order valence-corrected chi connectivity index (χ4v) is 5.10. The maximum atomic E-state index is 12.2. The van der Waals surface area contributed by atoms with Gasteiger partial charge in [-0.2, -0.15) is 23.5 Å². The summed E-state index contributed by atoms with van der Waals surface area (Å²) in [6.45, 7) is 12.5. The van der Waals surface area contributed by atoms with E-state index in [1.165, 1.54) is 13.8 Å². The van der Waals surface area contributed by atoms with Crippen molar-refractivity contribution in [2.24, 2.45) is 5.41 Å². The first-order valence-electron chi connectivity index (χ1n) is 10.9. The molecule has 0 aliphatic heterocycles. The largest absolute Gasteiger partial charge is 0.472 e. The molecule has 0 aliphatic rings. The SMILES string of the molecule is CSC(C)(C)CCSCCNC(=O)CCNC(=O)C(O)C(C)(C)COP(=O)(O)OC(C)(C)C. The maximum Gasteiger partial charge on any atom is 0.472 e. The molecule has 2 atom stereocenters. The second-order valence-corrected chi connectivity index (χ2v) is 14.2. The number of phosphoric ester groups is 1. The number of thioether (sulfide) groups is 2. The molecule has 0 heterocycles. The number of phosphoric acid groups is 1. The highest BCUT2D eigenvalue weighted by Gasteiger charge is 2.38. The Hall–Kier alpha value is -0.290. The van der Waals surface area contributed by atoms with Gasteiger partial charge in [0.25, 0.3) is 0 Å². The summed E-state index contributed by atoms with van der Waals surface area (Å²) in [6, 6.07) is 0. The van der Waals surface area contributed by atoms with Crippen molar-refractivity contribution in [1.29, 1.82) is 0 Å². The van der Waals surface area contributed by atoms with E-state index >= 15 is 0 Å². The highest BCUT2D eigenvalue weighted by atomic mass is 32.2. The molecule has 0 aromatic rings. The van der Waals surface area contributed by atoms with Crippen molar-refractivity contribution in [2.75, 3.05) is 37.5 Å². The third-order valence-electron chi connectivity index (χ3n) is 4.60. The van der Waals surface area contributed by atoms with Gasteiger partial charge in [0, 0.05) is 35.4 Å². The third-order valence-corrected chi connectivity index (χ3v) is 8.13. The monoisotopic (exact) mass is 530 g/mol. The molecule has 0 aliphatic carbocycles. The van der Waals surface area contributed by atoms with Crippen molar-refractivity contribution in [3.8, 4) is 0 Å². The molecule has 2 amide bonds. The Morgan fingerprint density at radius 1 is 1.03 bits per heavy atom. The molecule has 0 aromatic carbocycles. The molecule has 0 bridgehead atoms. The lowest BCUT2D eigenvalue weighted by Gasteiger charge is -2.31. The van der Waals surface area contributed by atoms with Crippen molar-refractivity contribution in [2.45, 2.75) is 77.8 Å². The number of hydrogen-bond donors (Lipinski definition) is 4. The first-order valence-corrected chi connectivity index (χ1v) is 14.8. The molecule has 9 nitrogen and oxygen atoms in total. The van der Waals surface area contributed by atoms with Crippen LogP contribution in [0.3, 0.4) is 0 Å². The Kier molecular flexibility index (Phi) is 14.2. The second kappa shape index (κ2) is 14.3. The smallest absolute Gasteiger partial charge is 0.383 e. The molecule has 0 aromatic heterocycles. The van der Waals surface area contributed by atoms with Crippen LogP contribution in [0.1, 0.15) is 61.3 Å². The minimum absolute atomic E-state index is 0.0688. The molecule has 0 spiro atoms. The summed E-state index contributed by atoms with van der Waals surface area (Å²) in [6.07, 6.45) is 1.79. The standard InChI is InChI=1S/C21H43N2O7PS2/c1-19(2,3)30-31(27,28)29-15-20(4,5)17(25)18(26)23-11-9-16(24)22-12-14-33-13-10-21(6,7)32-8/h17,25H,9-15H2,1-8H3,(H,22,24)(H,23,26)(H,27,28). The van der Waals surface area contributed by atoms with Crippen LogP contribution < -0.4 is 10.6 Å². The van der Waals surface area contributed by atoms with Gasteiger partial charge >= 0.3 is 7.82 Å². The zero-order chi connectivity index (χ0) is 25.9. The van der Waals surface area contributed by atoms with E-state index in [4.69, 9.17) is 9.05 Å². The summed E-state index contributed by atoms with van der Waals surface area (Å²) in [5.74, 6) is 0.986. The van der Waals surface area contributed by atoms with Gasteiger partial charge in [0.2, 0.25) is 11.8 Å². The number of carbonyl (C=O) groups is 2. The number of carbonyl (C=O) groups excluding carboxylic acids is 2. The summed E-state index contributed by atoms with van der Waals surface area (Å²) in [5.41, 5.74) is -2.05. The summed E-state index contributed by atoms with van der Waals surface area (Å²) >= 11 is 3.64.